The number of carbonyl (C=O) groups excluding carboxylic acids is 2. The average molecular weight is 598 g/mol. The van der Waals surface area contributed by atoms with Crippen molar-refractivity contribution in [2.45, 2.75) is 58.7 Å². The monoisotopic (exact) mass is 596 g/mol. The molecule has 35 heavy (non-hydrogen) atoms. The van der Waals surface area contributed by atoms with Crippen molar-refractivity contribution in [3.05, 3.63) is 73.5 Å². The summed E-state index contributed by atoms with van der Waals surface area (Å²) in [5, 5.41) is 0.501. The van der Waals surface area contributed by atoms with Crippen molar-refractivity contribution in [1.82, 2.24) is 0 Å². The zero-order valence-electron chi connectivity index (χ0n) is 20.2. The van der Waals surface area contributed by atoms with E-state index in [9.17, 15) is 9.59 Å². The minimum absolute atomic E-state index is 0.0388. The van der Waals surface area contributed by atoms with Crippen molar-refractivity contribution in [2.24, 2.45) is 0 Å². The van der Waals surface area contributed by atoms with Crippen LogP contribution in [0.2, 0.25) is 10.0 Å². The Bertz CT molecular complexity index is 1230. The molecule has 8 heteroatoms. The highest BCUT2D eigenvalue weighted by molar-refractivity contribution is 9.10. The van der Waals surface area contributed by atoms with Crippen LogP contribution >= 0.6 is 50.5 Å². The van der Waals surface area contributed by atoms with Crippen LogP contribution in [-0.4, -0.2) is 23.0 Å². The molecule has 0 aliphatic heterocycles. The molecular formula is C27H27BrCl2O4S. The summed E-state index contributed by atoms with van der Waals surface area (Å²) in [7, 11) is 0. The van der Waals surface area contributed by atoms with E-state index in [2.05, 4.69) is 15.9 Å². The van der Waals surface area contributed by atoms with Gasteiger partial charge in [-0.05, 0) is 82.5 Å². The van der Waals surface area contributed by atoms with Crippen LogP contribution in [-0.2, 0) is 16.0 Å². The fraction of sp³-hybridized carbons (Fsp3) is 0.333. The highest BCUT2D eigenvalue weighted by atomic mass is 79.9. The molecule has 186 valence electrons. The van der Waals surface area contributed by atoms with Crippen molar-refractivity contribution in [2.75, 3.05) is 0 Å². The Balaban J connectivity index is 1.67. The third kappa shape index (κ3) is 7.32. The highest BCUT2D eigenvalue weighted by Crippen LogP contribution is 2.38. The maximum Gasteiger partial charge on any atom is 0.350 e. The molecule has 0 aliphatic rings. The zero-order chi connectivity index (χ0) is 26.0. The molecule has 0 N–H and O–H groups in total. The van der Waals surface area contributed by atoms with Crippen molar-refractivity contribution >= 4 is 62.2 Å². The molecule has 0 amide bonds. The number of rotatable bonds is 8. The fourth-order valence-electron chi connectivity index (χ4n) is 3.19. The Morgan fingerprint density at radius 1 is 0.914 bits per heavy atom. The van der Waals surface area contributed by atoms with E-state index in [0.29, 0.717) is 22.7 Å². The van der Waals surface area contributed by atoms with Crippen LogP contribution in [0.25, 0.3) is 10.4 Å². The Morgan fingerprint density at radius 2 is 1.57 bits per heavy atom. The highest BCUT2D eigenvalue weighted by Gasteiger charge is 2.35. The molecule has 0 radical (unpaired) electrons. The minimum Gasteiger partial charge on any atom is -0.475 e. The second kappa shape index (κ2) is 11.0. The number of halogens is 3. The van der Waals surface area contributed by atoms with Crippen LogP contribution in [0.15, 0.2) is 53.0 Å². The molecular weight excluding hydrogens is 571 g/mol. The van der Waals surface area contributed by atoms with E-state index in [1.165, 1.54) is 11.3 Å². The Morgan fingerprint density at radius 3 is 2.20 bits per heavy atom. The van der Waals surface area contributed by atoms with Gasteiger partial charge in [-0.2, -0.15) is 0 Å². The molecule has 0 saturated carbocycles. The molecule has 3 aromatic rings. The quantitative estimate of drug-likeness (QED) is 0.192. The average Bonchev–Trinajstić information content (AvgIpc) is 3.26. The standard InChI is InChI=1S/C27H27BrCl2O4S/c1-26(2,3)34-25(32)27(4,5)33-20-13-9-17(23(29)24(20)30)8-12-19(31)22-15-14-21(35-22)16-6-10-18(28)11-7-16/h6-7,9-11,13-15H,8,12H2,1-5H3. The molecule has 1 aromatic heterocycles. The predicted molar refractivity (Wildman–Crippen MR) is 147 cm³/mol. The number of ether oxygens (including phenoxy) is 2. The van der Waals surface area contributed by atoms with Crippen LogP contribution in [0.1, 0.15) is 56.3 Å². The Labute approximate surface area is 228 Å². The number of esters is 1. The summed E-state index contributed by atoms with van der Waals surface area (Å²) in [6.07, 6.45) is 0.721. The summed E-state index contributed by atoms with van der Waals surface area (Å²) in [4.78, 5) is 27.0. The number of benzene rings is 2. The topological polar surface area (TPSA) is 52.6 Å². The summed E-state index contributed by atoms with van der Waals surface area (Å²) in [5.41, 5.74) is -0.102. The third-order valence-corrected chi connectivity index (χ3v) is 7.62. The molecule has 4 nitrogen and oxygen atoms in total. The van der Waals surface area contributed by atoms with Crippen molar-refractivity contribution in [1.29, 1.82) is 0 Å². The summed E-state index contributed by atoms with van der Waals surface area (Å²) in [6, 6.07) is 15.2. The first-order valence-corrected chi connectivity index (χ1v) is 13.4. The van der Waals surface area contributed by atoms with E-state index in [-0.39, 0.29) is 16.6 Å². The number of aryl methyl sites for hydroxylation is 1. The Kier molecular flexibility index (Phi) is 8.74. The molecule has 0 fully saturated rings. The molecule has 0 spiro atoms. The van der Waals surface area contributed by atoms with Crippen LogP contribution in [0, 0.1) is 0 Å². The number of thiophene rings is 1. The minimum atomic E-state index is -1.26. The van der Waals surface area contributed by atoms with Crippen LogP contribution in [0.5, 0.6) is 5.75 Å². The van der Waals surface area contributed by atoms with Gasteiger partial charge in [0.2, 0.25) is 0 Å². The number of hydrogen-bond acceptors (Lipinski definition) is 5. The van der Waals surface area contributed by atoms with E-state index in [0.717, 1.165) is 20.5 Å². The predicted octanol–water partition coefficient (Wildman–Crippen LogP) is 8.80. The van der Waals surface area contributed by atoms with Gasteiger partial charge in [0, 0.05) is 15.8 Å². The Hall–Kier alpha value is -1.86. The van der Waals surface area contributed by atoms with E-state index < -0.39 is 17.2 Å². The van der Waals surface area contributed by atoms with E-state index >= 15 is 0 Å². The summed E-state index contributed by atoms with van der Waals surface area (Å²) in [5.74, 6) is -0.192. The zero-order valence-corrected chi connectivity index (χ0v) is 24.1. The van der Waals surface area contributed by atoms with Gasteiger partial charge in [-0.25, -0.2) is 4.79 Å². The molecule has 0 saturated heterocycles. The lowest BCUT2D eigenvalue weighted by Crippen LogP contribution is -2.43. The number of ketones is 1. The van der Waals surface area contributed by atoms with Gasteiger partial charge >= 0.3 is 5.97 Å². The van der Waals surface area contributed by atoms with E-state index in [1.54, 1.807) is 46.8 Å². The van der Waals surface area contributed by atoms with Gasteiger partial charge in [0.1, 0.15) is 16.4 Å². The van der Waals surface area contributed by atoms with Gasteiger partial charge in [0.05, 0.1) is 9.90 Å². The van der Waals surface area contributed by atoms with Gasteiger partial charge in [-0.1, -0.05) is 57.3 Å². The van der Waals surface area contributed by atoms with E-state index in [1.807, 2.05) is 36.4 Å². The maximum absolute atomic E-state index is 12.8. The first-order chi connectivity index (χ1) is 16.3. The molecule has 3 rings (SSSR count). The van der Waals surface area contributed by atoms with Crippen LogP contribution in [0.3, 0.4) is 0 Å². The molecule has 0 atom stereocenters. The maximum atomic E-state index is 12.8. The second-order valence-electron chi connectivity index (χ2n) is 9.56. The first-order valence-electron chi connectivity index (χ1n) is 11.0. The first kappa shape index (κ1) is 27.7. The summed E-state index contributed by atoms with van der Waals surface area (Å²) >= 11 is 17.9. The van der Waals surface area contributed by atoms with Crippen LogP contribution in [0.4, 0.5) is 0 Å². The smallest absolute Gasteiger partial charge is 0.350 e. The van der Waals surface area contributed by atoms with Crippen molar-refractivity contribution < 1.29 is 19.1 Å². The third-order valence-electron chi connectivity index (χ3n) is 5.01. The van der Waals surface area contributed by atoms with Crippen molar-refractivity contribution in [3.8, 4) is 16.2 Å². The van der Waals surface area contributed by atoms with Crippen molar-refractivity contribution in [3.63, 3.8) is 0 Å². The number of Topliss-reactive ketones (excluding diaryl/α,β-unsaturated/α-hetero) is 1. The van der Waals surface area contributed by atoms with Gasteiger partial charge in [0.15, 0.2) is 11.4 Å². The summed E-state index contributed by atoms with van der Waals surface area (Å²) in [6.45, 7) is 8.60. The summed E-state index contributed by atoms with van der Waals surface area (Å²) < 4.78 is 12.3. The lowest BCUT2D eigenvalue weighted by molar-refractivity contribution is -0.170. The van der Waals surface area contributed by atoms with Gasteiger partial charge in [-0.3, -0.25) is 4.79 Å². The molecule has 0 bridgehead atoms. The lowest BCUT2D eigenvalue weighted by atomic mass is 10.1. The van der Waals surface area contributed by atoms with Gasteiger partial charge < -0.3 is 9.47 Å². The van der Waals surface area contributed by atoms with Gasteiger partial charge in [0.25, 0.3) is 0 Å². The van der Waals surface area contributed by atoms with Gasteiger partial charge in [-0.15, -0.1) is 11.3 Å². The number of carbonyl (C=O) groups is 2. The molecule has 0 aliphatic carbocycles. The van der Waals surface area contributed by atoms with E-state index in [4.69, 9.17) is 32.7 Å². The largest absolute Gasteiger partial charge is 0.475 e. The normalized spacial score (nSPS) is 11.9. The fourth-order valence-corrected chi connectivity index (χ4v) is 4.91. The lowest BCUT2D eigenvalue weighted by Gasteiger charge is -2.29. The molecule has 0 unspecified atom stereocenters. The number of hydrogen-bond donors (Lipinski definition) is 0. The van der Waals surface area contributed by atoms with Crippen LogP contribution < -0.4 is 4.74 Å². The molecule has 1 heterocycles. The SMILES string of the molecule is CC(C)(C)OC(=O)C(C)(C)Oc1ccc(CCC(=O)c2ccc(-c3ccc(Br)cc3)s2)c(Cl)c1Cl. The second-order valence-corrected chi connectivity index (χ2v) is 12.3. The molecule has 2 aromatic carbocycles.